The number of anilines is 1. The number of carbonyl (C=O) groups is 1. The SMILES string of the molecule is O=C1CC2(COCc3nc4ccc(C5=CCN(c6ccncn6)CC5)nc4n32)c2ccccc21. The molecule has 1 atom stereocenters. The van der Waals surface area contributed by atoms with Crippen molar-refractivity contribution in [3.8, 4) is 0 Å². The van der Waals surface area contributed by atoms with Gasteiger partial charge in [-0.25, -0.2) is 19.9 Å². The third-order valence-electron chi connectivity index (χ3n) is 7.18. The first-order valence-electron chi connectivity index (χ1n) is 11.5. The van der Waals surface area contributed by atoms with Gasteiger partial charge in [-0.05, 0) is 35.8 Å². The summed E-state index contributed by atoms with van der Waals surface area (Å²) in [4.78, 5) is 33.5. The minimum atomic E-state index is -0.591. The fourth-order valence-corrected chi connectivity index (χ4v) is 5.60. The van der Waals surface area contributed by atoms with E-state index in [1.165, 1.54) is 5.57 Å². The molecule has 8 nitrogen and oxygen atoms in total. The van der Waals surface area contributed by atoms with E-state index in [9.17, 15) is 4.79 Å². The third-order valence-corrected chi connectivity index (χ3v) is 7.18. The van der Waals surface area contributed by atoms with E-state index in [0.29, 0.717) is 19.6 Å². The highest BCUT2D eigenvalue weighted by Gasteiger charge is 2.49. The molecule has 5 heterocycles. The minimum Gasteiger partial charge on any atom is -0.371 e. The zero-order chi connectivity index (χ0) is 22.7. The van der Waals surface area contributed by atoms with E-state index >= 15 is 0 Å². The second-order valence-electron chi connectivity index (χ2n) is 9.07. The van der Waals surface area contributed by atoms with Crippen LogP contribution in [0.2, 0.25) is 0 Å². The van der Waals surface area contributed by atoms with Gasteiger partial charge >= 0.3 is 0 Å². The lowest BCUT2D eigenvalue weighted by Crippen LogP contribution is -2.42. The van der Waals surface area contributed by atoms with Crippen molar-refractivity contribution in [2.45, 2.75) is 25.0 Å². The highest BCUT2D eigenvalue weighted by molar-refractivity contribution is 6.02. The van der Waals surface area contributed by atoms with E-state index in [0.717, 1.165) is 59.1 Å². The number of ether oxygens (including phenoxy) is 1. The summed E-state index contributed by atoms with van der Waals surface area (Å²) in [5.74, 6) is 1.90. The van der Waals surface area contributed by atoms with E-state index in [1.54, 1.807) is 12.5 Å². The monoisotopic (exact) mass is 450 g/mol. The van der Waals surface area contributed by atoms with Crippen LogP contribution < -0.4 is 4.90 Å². The molecule has 168 valence electrons. The number of nitrogens with zero attached hydrogens (tertiary/aromatic N) is 6. The van der Waals surface area contributed by atoms with E-state index < -0.39 is 5.54 Å². The lowest BCUT2D eigenvalue weighted by atomic mass is 9.91. The molecule has 0 bridgehead atoms. The Balaban J connectivity index is 1.31. The van der Waals surface area contributed by atoms with Gasteiger partial charge in [0.25, 0.3) is 0 Å². The van der Waals surface area contributed by atoms with Crippen LogP contribution in [0.5, 0.6) is 0 Å². The topological polar surface area (TPSA) is 86.0 Å². The van der Waals surface area contributed by atoms with E-state index in [-0.39, 0.29) is 5.78 Å². The molecule has 2 aliphatic heterocycles. The van der Waals surface area contributed by atoms with Crippen molar-refractivity contribution < 1.29 is 9.53 Å². The average Bonchev–Trinajstić information content (AvgIpc) is 3.41. The number of fused-ring (bicyclic) bond motifs is 6. The quantitative estimate of drug-likeness (QED) is 0.463. The van der Waals surface area contributed by atoms with Gasteiger partial charge in [0.05, 0.1) is 12.3 Å². The Bertz CT molecular complexity index is 1480. The predicted octanol–water partition coefficient (Wildman–Crippen LogP) is 3.38. The Morgan fingerprint density at radius 1 is 1.06 bits per heavy atom. The van der Waals surface area contributed by atoms with E-state index in [4.69, 9.17) is 14.7 Å². The maximum atomic E-state index is 12.9. The van der Waals surface area contributed by atoms with Crippen LogP contribution in [-0.4, -0.2) is 50.0 Å². The van der Waals surface area contributed by atoms with Crippen LogP contribution in [0, 0.1) is 0 Å². The second kappa shape index (κ2) is 7.30. The van der Waals surface area contributed by atoms with Crippen molar-refractivity contribution >= 4 is 28.3 Å². The fourth-order valence-electron chi connectivity index (χ4n) is 5.60. The number of carbonyl (C=O) groups excluding carboxylic acids is 1. The Labute approximate surface area is 196 Å². The van der Waals surface area contributed by atoms with Crippen LogP contribution >= 0.6 is 0 Å². The predicted molar refractivity (Wildman–Crippen MR) is 126 cm³/mol. The fraction of sp³-hybridized carbons (Fsp3) is 0.269. The summed E-state index contributed by atoms with van der Waals surface area (Å²) in [7, 11) is 0. The van der Waals surface area contributed by atoms with Gasteiger partial charge in [0.15, 0.2) is 11.4 Å². The number of benzene rings is 1. The van der Waals surface area contributed by atoms with Crippen LogP contribution in [0.15, 0.2) is 61.1 Å². The molecule has 1 aliphatic carbocycles. The number of hydrogen-bond acceptors (Lipinski definition) is 7. The van der Waals surface area contributed by atoms with Crippen molar-refractivity contribution in [3.05, 3.63) is 83.7 Å². The zero-order valence-electron chi connectivity index (χ0n) is 18.5. The number of rotatable bonds is 2. The van der Waals surface area contributed by atoms with Crippen molar-refractivity contribution in [1.82, 2.24) is 24.5 Å². The summed E-state index contributed by atoms with van der Waals surface area (Å²) >= 11 is 0. The van der Waals surface area contributed by atoms with Crippen molar-refractivity contribution in [1.29, 1.82) is 0 Å². The van der Waals surface area contributed by atoms with Gasteiger partial charge in [-0.3, -0.25) is 9.36 Å². The lowest BCUT2D eigenvalue weighted by Gasteiger charge is -2.36. The highest BCUT2D eigenvalue weighted by atomic mass is 16.5. The van der Waals surface area contributed by atoms with Crippen molar-refractivity contribution in [2.75, 3.05) is 24.6 Å². The van der Waals surface area contributed by atoms with Gasteiger partial charge in [0, 0.05) is 31.3 Å². The van der Waals surface area contributed by atoms with Crippen molar-refractivity contribution in [3.63, 3.8) is 0 Å². The number of pyridine rings is 1. The minimum absolute atomic E-state index is 0.143. The summed E-state index contributed by atoms with van der Waals surface area (Å²) in [5.41, 5.74) is 5.01. The summed E-state index contributed by atoms with van der Waals surface area (Å²) in [6.07, 6.45) is 6.82. The molecule has 0 amide bonds. The van der Waals surface area contributed by atoms with E-state index in [1.807, 2.05) is 36.4 Å². The maximum Gasteiger partial charge on any atom is 0.166 e. The molecule has 0 radical (unpaired) electrons. The Hall–Kier alpha value is -3.91. The Kier molecular flexibility index (Phi) is 4.20. The van der Waals surface area contributed by atoms with Gasteiger partial charge in [0.1, 0.15) is 35.6 Å². The molecule has 1 aromatic carbocycles. The first-order valence-corrected chi connectivity index (χ1v) is 11.5. The second-order valence-corrected chi connectivity index (χ2v) is 9.07. The molecule has 0 fully saturated rings. The Morgan fingerprint density at radius 3 is 2.85 bits per heavy atom. The molecule has 7 rings (SSSR count). The molecule has 0 saturated heterocycles. The largest absolute Gasteiger partial charge is 0.371 e. The summed E-state index contributed by atoms with van der Waals surface area (Å²) in [5, 5.41) is 0. The van der Waals surface area contributed by atoms with Crippen LogP contribution in [0.4, 0.5) is 5.82 Å². The molecule has 1 unspecified atom stereocenters. The molecule has 0 N–H and O–H groups in total. The van der Waals surface area contributed by atoms with Crippen LogP contribution in [-0.2, 0) is 16.9 Å². The molecule has 8 heteroatoms. The zero-order valence-corrected chi connectivity index (χ0v) is 18.5. The number of imidazole rings is 1. The van der Waals surface area contributed by atoms with Crippen LogP contribution in [0.1, 0.15) is 40.3 Å². The molecule has 4 aromatic rings. The Morgan fingerprint density at radius 2 is 2.00 bits per heavy atom. The molecule has 0 saturated carbocycles. The van der Waals surface area contributed by atoms with Crippen molar-refractivity contribution in [2.24, 2.45) is 0 Å². The molecule has 3 aromatic heterocycles. The lowest BCUT2D eigenvalue weighted by molar-refractivity contribution is 0.0225. The first kappa shape index (κ1) is 19.5. The summed E-state index contributed by atoms with van der Waals surface area (Å²) in [6, 6.07) is 13.9. The molecule has 3 aliphatic rings. The van der Waals surface area contributed by atoms with Gasteiger partial charge < -0.3 is 9.64 Å². The molecule has 34 heavy (non-hydrogen) atoms. The smallest absolute Gasteiger partial charge is 0.166 e. The van der Waals surface area contributed by atoms with Gasteiger partial charge in [-0.15, -0.1) is 0 Å². The summed E-state index contributed by atoms with van der Waals surface area (Å²) < 4.78 is 8.15. The number of aromatic nitrogens is 5. The van der Waals surface area contributed by atoms with Gasteiger partial charge in [0.2, 0.25) is 0 Å². The maximum absolute atomic E-state index is 12.9. The first-order chi connectivity index (χ1) is 16.7. The number of ketones is 1. The van der Waals surface area contributed by atoms with E-state index in [2.05, 4.69) is 31.6 Å². The number of Topliss-reactive ketones (excluding diaryl/α,β-unsaturated/α-hetero) is 1. The molecular formula is C26H22N6O2. The normalized spacial score (nSPS) is 21.6. The van der Waals surface area contributed by atoms with Crippen LogP contribution in [0.3, 0.4) is 0 Å². The van der Waals surface area contributed by atoms with Gasteiger partial charge in [-0.1, -0.05) is 30.3 Å². The summed E-state index contributed by atoms with van der Waals surface area (Å²) in [6.45, 7) is 2.50. The highest BCUT2D eigenvalue weighted by Crippen LogP contribution is 2.45. The third kappa shape index (κ3) is 2.78. The standard InChI is InChI=1S/C26H22N6O2/c33-22-13-26(19-4-2-1-3-18(19)22)15-34-14-24-29-21-6-5-20(30-25(21)32(24)26)17-8-11-31(12-9-17)23-7-10-27-16-28-23/h1-8,10,16H,9,11-15H2. The molecule has 1 spiro atoms. The van der Waals surface area contributed by atoms with Gasteiger partial charge in [-0.2, -0.15) is 0 Å². The average molecular weight is 451 g/mol. The number of hydrogen-bond donors (Lipinski definition) is 0. The van der Waals surface area contributed by atoms with Crippen LogP contribution in [0.25, 0.3) is 16.7 Å². The molecular weight excluding hydrogens is 428 g/mol.